The second-order valence-corrected chi connectivity index (χ2v) is 4.94. The molecule has 0 aromatic rings. The van der Waals surface area contributed by atoms with Crippen LogP contribution in [0.1, 0.15) is 19.8 Å². The van der Waals surface area contributed by atoms with E-state index >= 15 is 0 Å². The van der Waals surface area contributed by atoms with Crippen LogP contribution in [0.15, 0.2) is 0 Å². The first-order valence-corrected chi connectivity index (χ1v) is 5.61. The zero-order valence-corrected chi connectivity index (χ0v) is 8.42. The highest BCUT2D eigenvalue weighted by Gasteiger charge is 2.28. The van der Waals surface area contributed by atoms with Gasteiger partial charge in [-0.1, -0.05) is 6.92 Å². The Labute approximate surface area is 78.1 Å². The SMILES string of the molecule is CC(CCO)(CCO)CS(=O)(=O)O. The molecule has 0 atom stereocenters. The summed E-state index contributed by atoms with van der Waals surface area (Å²) in [6.45, 7) is 1.28. The average Bonchev–Trinajstić information content (AvgIpc) is 1.82. The first-order valence-electron chi connectivity index (χ1n) is 4.00. The Hall–Kier alpha value is -0.170. The summed E-state index contributed by atoms with van der Waals surface area (Å²) in [5, 5.41) is 17.3. The molecular weight excluding hydrogens is 196 g/mol. The molecular formula is C7H16O5S. The van der Waals surface area contributed by atoms with E-state index in [4.69, 9.17) is 14.8 Å². The van der Waals surface area contributed by atoms with Gasteiger partial charge in [-0.2, -0.15) is 8.42 Å². The largest absolute Gasteiger partial charge is 0.396 e. The van der Waals surface area contributed by atoms with E-state index in [2.05, 4.69) is 0 Å². The molecule has 0 aliphatic rings. The quantitative estimate of drug-likeness (QED) is 0.523. The molecule has 0 saturated carbocycles. The van der Waals surface area contributed by atoms with Crippen LogP contribution in [0, 0.1) is 5.41 Å². The number of hydrogen-bond donors (Lipinski definition) is 3. The minimum Gasteiger partial charge on any atom is -0.396 e. The Bertz CT molecular complexity index is 227. The van der Waals surface area contributed by atoms with Crippen LogP contribution in [0.25, 0.3) is 0 Å². The van der Waals surface area contributed by atoms with Crippen molar-refractivity contribution in [3.8, 4) is 0 Å². The van der Waals surface area contributed by atoms with Crippen molar-refractivity contribution in [1.29, 1.82) is 0 Å². The maximum Gasteiger partial charge on any atom is 0.265 e. The molecule has 0 heterocycles. The van der Waals surface area contributed by atoms with Gasteiger partial charge in [0.1, 0.15) is 0 Å². The first kappa shape index (κ1) is 12.8. The summed E-state index contributed by atoms with van der Waals surface area (Å²) in [7, 11) is -4.05. The van der Waals surface area contributed by atoms with Crippen LogP contribution < -0.4 is 0 Å². The molecule has 0 bridgehead atoms. The van der Waals surface area contributed by atoms with E-state index in [1.807, 2.05) is 0 Å². The third-order valence-electron chi connectivity index (χ3n) is 1.96. The monoisotopic (exact) mass is 212 g/mol. The number of rotatable bonds is 6. The van der Waals surface area contributed by atoms with Gasteiger partial charge in [0.2, 0.25) is 0 Å². The highest BCUT2D eigenvalue weighted by atomic mass is 32.2. The molecule has 0 amide bonds. The van der Waals surface area contributed by atoms with E-state index in [0.717, 1.165) is 0 Å². The van der Waals surface area contributed by atoms with Crippen LogP contribution >= 0.6 is 0 Å². The summed E-state index contributed by atoms with van der Waals surface area (Å²) in [5.74, 6) is -0.429. The van der Waals surface area contributed by atoms with Gasteiger partial charge in [-0.15, -0.1) is 0 Å². The smallest absolute Gasteiger partial charge is 0.265 e. The Kier molecular flexibility index (Phi) is 4.83. The molecule has 0 aliphatic heterocycles. The van der Waals surface area contributed by atoms with Gasteiger partial charge in [0.15, 0.2) is 0 Å². The average molecular weight is 212 g/mol. The lowest BCUT2D eigenvalue weighted by atomic mass is 9.86. The van der Waals surface area contributed by atoms with Gasteiger partial charge in [-0.25, -0.2) is 0 Å². The van der Waals surface area contributed by atoms with Crippen LogP contribution in [0.2, 0.25) is 0 Å². The van der Waals surface area contributed by atoms with Crippen LogP contribution in [0.3, 0.4) is 0 Å². The standard InChI is InChI=1S/C7H16O5S/c1-7(2-4-8,3-5-9)6-13(10,11)12/h8-9H,2-6H2,1H3,(H,10,11,12). The first-order chi connectivity index (χ1) is 5.83. The summed E-state index contributed by atoms with van der Waals surface area (Å²) in [6, 6.07) is 0. The molecule has 0 radical (unpaired) electrons. The third kappa shape index (κ3) is 5.98. The highest BCUT2D eigenvalue weighted by molar-refractivity contribution is 7.85. The summed E-state index contributed by atoms with van der Waals surface area (Å²) in [5.41, 5.74) is -0.753. The second kappa shape index (κ2) is 4.90. The molecule has 80 valence electrons. The normalized spacial score (nSPS) is 13.2. The number of hydrogen-bond acceptors (Lipinski definition) is 4. The fourth-order valence-corrected chi connectivity index (χ4v) is 2.42. The highest BCUT2D eigenvalue weighted by Crippen LogP contribution is 2.26. The molecule has 3 N–H and O–H groups in total. The Morgan fingerprint density at radius 1 is 1.15 bits per heavy atom. The van der Waals surface area contributed by atoms with Crippen molar-refractivity contribution in [1.82, 2.24) is 0 Å². The van der Waals surface area contributed by atoms with Crippen molar-refractivity contribution < 1.29 is 23.2 Å². The molecule has 6 heteroatoms. The zero-order valence-electron chi connectivity index (χ0n) is 7.60. The fourth-order valence-electron chi connectivity index (χ4n) is 1.25. The molecule has 0 saturated heterocycles. The van der Waals surface area contributed by atoms with Gasteiger partial charge < -0.3 is 10.2 Å². The van der Waals surface area contributed by atoms with Crippen LogP contribution in [0.4, 0.5) is 0 Å². The fraction of sp³-hybridized carbons (Fsp3) is 1.00. The van der Waals surface area contributed by atoms with Crippen molar-refractivity contribution in [3.05, 3.63) is 0 Å². The van der Waals surface area contributed by atoms with Crippen molar-refractivity contribution in [2.24, 2.45) is 5.41 Å². The zero-order chi connectivity index (χ0) is 10.5. The lowest BCUT2D eigenvalue weighted by Crippen LogP contribution is -2.29. The van der Waals surface area contributed by atoms with Gasteiger partial charge >= 0.3 is 0 Å². The maximum atomic E-state index is 10.6. The number of aliphatic hydroxyl groups excluding tert-OH is 2. The van der Waals surface area contributed by atoms with Gasteiger partial charge in [0, 0.05) is 13.2 Å². The minimum atomic E-state index is -4.05. The van der Waals surface area contributed by atoms with E-state index in [-0.39, 0.29) is 26.1 Å². The summed E-state index contributed by atoms with van der Waals surface area (Å²) in [4.78, 5) is 0. The van der Waals surface area contributed by atoms with Crippen LogP contribution in [0.5, 0.6) is 0 Å². The van der Waals surface area contributed by atoms with Gasteiger partial charge in [0.25, 0.3) is 10.1 Å². The van der Waals surface area contributed by atoms with Gasteiger partial charge in [-0.3, -0.25) is 4.55 Å². The molecule has 0 rings (SSSR count). The summed E-state index contributed by atoms with van der Waals surface area (Å²) in [6.07, 6.45) is 0.487. The van der Waals surface area contributed by atoms with Crippen molar-refractivity contribution >= 4 is 10.1 Å². The molecule has 0 aliphatic carbocycles. The molecule has 0 unspecified atom stereocenters. The van der Waals surface area contributed by atoms with E-state index in [0.29, 0.717) is 0 Å². The summed E-state index contributed by atoms with van der Waals surface area (Å²) >= 11 is 0. The topological polar surface area (TPSA) is 94.8 Å². The third-order valence-corrected chi connectivity index (χ3v) is 3.02. The Balaban J connectivity index is 4.40. The molecule has 0 aromatic carbocycles. The minimum absolute atomic E-state index is 0.161. The van der Waals surface area contributed by atoms with E-state index in [1.165, 1.54) is 0 Å². The Morgan fingerprint density at radius 2 is 1.54 bits per heavy atom. The molecule has 0 aromatic heterocycles. The lowest BCUT2D eigenvalue weighted by molar-refractivity contribution is 0.164. The van der Waals surface area contributed by atoms with Crippen molar-refractivity contribution in [2.75, 3.05) is 19.0 Å². The molecule has 13 heavy (non-hydrogen) atoms. The number of aliphatic hydroxyl groups is 2. The van der Waals surface area contributed by atoms with E-state index < -0.39 is 21.3 Å². The molecule has 0 fully saturated rings. The van der Waals surface area contributed by atoms with Gasteiger partial charge in [0.05, 0.1) is 5.75 Å². The maximum absolute atomic E-state index is 10.6. The van der Waals surface area contributed by atoms with Gasteiger partial charge in [-0.05, 0) is 18.3 Å². The Morgan fingerprint density at radius 3 is 1.77 bits per heavy atom. The molecule has 0 spiro atoms. The van der Waals surface area contributed by atoms with Crippen LogP contribution in [-0.4, -0.2) is 42.2 Å². The van der Waals surface area contributed by atoms with Crippen molar-refractivity contribution in [2.45, 2.75) is 19.8 Å². The predicted molar refractivity (Wildman–Crippen MR) is 47.9 cm³/mol. The van der Waals surface area contributed by atoms with Crippen molar-refractivity contribution in [3.63, 3.8) is 0 Å². The predicted octanol–water partition coefficient (Wildman–Crippen LogP) is -0.355. The van der Waals surface area contributed by atoms with E-state index in [9.17, 15) is 8.42 Å². The summed E-state index contributed by atoms with van der Waals surface area (Å²) < 4.78 is 29.8. The lowest BCUT2D eigenvalue weighted by Gasteiger charge is -2.26. The van der Waals surface area contributed by atoms with Crippen LogP contribution in [-0.2, 0) is 10.1 Å². The van der Waals surface area contributed by atoms with E-state index in [1.54, 1.807) is 6.92 Å². The second-order valence-electron chi connectivity index (χ2n) is 3.48. The molecule has 5 nitrogen and oxygen atoms in total.